The molecule has 3 atom stereocenters. The number of anilines is 1. The molecule has 9 nitrogen and oxygen atoms in total. The standard InChI is InChI=1S/C29H42N6O3/c1-19(21-8-6-15-34(21)2)38-24-17-23(35-16-14-31-28(18-35)12-13-28)32-27(33-24)25(37)20-7-5-11-29(26(20)30)10-4-3-9-22(29)36/h17,19,21,30-31,37H,3-16,18H2,1-2H3/b25-20-,30-26?/t19-,21-,29+/m0/s1. The van der Waals surface area contributed by atoms with Gasteiger partial charge in [-0.2, -0.15) is 4.98 Å². The van der Waals surface area contributed by atoms with Crippen LogP contribution in [0, 0.1) is 10.8 Å². The molecule has 3 heterocycles. The lowest BCUT2D eigenvalue weighted by molar-refractivity contribution is -0.128. The van der Waals surface area contributed by atoms with Crippen LogP contribution in [0.1, 0.15) is 83.4 Å². The first-order valence-corrected chi connectivity index (χ1v) is 14.6. The number of ketones is 1. The summed E-state index contributed by atoms with van der Waals surface area (Å²) in [6.07, 6.45) is 9.63. The highest BCUT2D eigenvalue weighted by atomic mass is 16.5. The van der Waals surface area contributed by atoms with Gasteiger partial charge in [0.25, 0.3) is 0 Å². The number of likely N-dealkylation sites (N-methyl/N-ethyl adjacent to an activating group) is 1. The van der Waals surface area contributed by atoms with Crippen LogP contribution in [0.15, 0.2) is 11.6 Å². The molecule has 3 aliphatic carbocycles. The van der Waals surface area contributed by atoms with E-state index >= 15 is 0 Å². The molecule has 2 aliphatic heterocycles. The van der Waals surface area contributed by atoms with E-state index in [1.807, 2.05) is 6.07 Å². The first-order chi connectivity index (χ1) is 18.3. The predicted octanol–water partition coefficient (Wildman–Crippen LogP) is 3.88. The van der Waals surface area contributed by atoms with Crippen molar-refractivity contribution in [1.29, 1.82) is 5.41 Å². The van der Waals surface area contributed by atoms with Gasteiger partial charge in [0.2, 0.25) is 5.88 Å². The molecule has 5 fully saturated rings. The topological polar surface area (TPSA) is 115 Å². The van der Waals surface area contributed by atoms with Crippen molar-refractivity contribution in [3.8, 4) is 5.88 Å². The quantitative estimate of drug-likeness (QED) is 0.499. The summed E-state index contributed by atoms with van der Waals surface area (Å²) in [7, 11) is 2.14. The van der Waals surface area contributed by atoms with E-state index in [9.17, 15) is 9.90 Å². The number of Topliss-reactive ketones (excluding diaryl/α,β-unsaturated/α-hetero) is 1. The van der Waals surface area contributed by atoms with Crippen LogP contribution >= 0.6 is 0 Å². The number of hydrogen-bond acceptors (Lipinski definition) is 9. The monoisotopic (exact) mass is 522 g/mol. The van der Waals surface area contributed by atoms with Crippen molar-refractivity contribution in [2.24, 2.45) is 5.41 Å². The van der Waals surface area contributed by atoms with Crippen molar-refractivity contribution in [3.63, 3.8) is 0 Å². The van der Waals surface area contributed by atoms with Crippen LogP contribution < -0.4 is 15.0 Å². The van der Waals surface area contributed by atoms with E-state index in [4.69, 9.17) is 20.1 Å². The second-order valence-corrected chi connectivity index (χ2v) is 12.3. The van der Waals surface area contributed by atoms with Gasteiger partial charge in [0, 0.05) is 49.3 Å². The van der Waals surface area contributed by atoms with E-state index in [0.29, 0.717) is 43.2 Å². The van der Waals surface area contributed by atoms with Crippen molar-refractivity contribution < 1.29 is 14.6 Å². The van der Waals surface area contributed by atoms with Crippen molar-refractivity contribution in [3.05, 3.63) is 17.5 Å². The fourth-order valence-electron chi connectivity index (χ4n) is 7.27. The van der Waals surface area contributed by atoms with Gasteiger partial charge in [-0.15, -0.1) is 0 Å². The first kappa shape index (κ1) is 25.7. The number of likely N-dealkylation sites (tertiary alicyclic amines) is 1. The van der Waals surface area contributed by atoms with Gasteiger partial charge in [-0.05, 0) is 78.3 Å². The van der Waals surface area contributed by atoms with Crippen molar-refractivity contribution in [2.75, 3.05) is 38.1 Å². The highest BCUT2D eigenvalue weighted by Gasteiger charge is 2.48. The predicted molar refractivity (Wildman–Crippen MR) is 147 cm³/mol. The average molecular weight is 523 g/mol. The Labute approximate surface area is 225 Å². The number of rotatable bonds is 5. The van der Waals surface area contributed by atoms with Crippen molar-refractivity contribution in [1.82, 2.24) is 20.2 Å². The highest BCUT2D eigenvalue weighted by Crippen LogP contribution is 2.46. The maximum Gasteiger partial charge on any atom is 0.219 e. The summed E-state index contributed by atoms with van der Waals surface area (Å²) in [4.78, 5) is 27.2. The summed E-state index contributed by atoms with van der Waals surface area (Å²) in [5, 5.41) is 24.3. The third kappa shape index (κ3) is 4.62. The number of hydrogen-bond donors (Lipinski definition) is 3. The largest absolute Gasteiger partial charge is 0.504 e. The van der Waals surface area contributed by atoms with E-state index < -0.39 is 5.41 Å². The molecule has 5 aliphatic rings. The van der Waals surface area contributed by atoms with E-state index in [2.05, 4.69) is 29.1 Å². The molecular weight excluding hydrogens is 480 g/mol. The van der Waals surface area contributed by atoms with Crippen LogP contribution in [0.4, 0.5) is 5.82 Å². The summed E-state index contributed by atoms with van der Waals surface area (Å²) in [5.74, 6) is 1.50. The second kappa shape index (κ2) is 9.90. The molecular formula is C29H42N6O3. The Morgan fingerprint density at radius 2 is 1.97 bits per heavy atom. The summed E-state index contributed by atoms with van der Waals surface area (Å²) < 4.78 is 6.42. The number of nitrogens with one attached hydrogen (secondary N) is 2. The Bertz CT molecular complexity index is 1140. The number of carbonyl (C=O) groups is 1. The Hall–Kier alpha value is -2.52. The fraction of sp³-hybridized carbons (Fsp3) is 0.724. The maximum absolute atomic E-state index is 13.0. The average Bonchev–Trinajstić information content (AvgIpc) is 3.51. The second-order valence-electron chi connectivity index (χ2n) is 12.3. The van der Waals surface area contributed by atoms with Crippen LogP contribution in [0.2, 0.25) is 0 Å². The molecule has 6 rings (SSSR count). The van der Waals surface area contributed by atoms with Crippen molar-refractivity contribution in [2.45, 2.75) is 95.2 Å². The molecule has 0 amide bonds. The summed E-state index contributed by atoms with van der Waals surface area (Å²) in [6.45, 7) is 5.74. The number of carbonyl (C=O) groups excluding carboxylic acids is 1. The van der Waals surface area contributed by atoms with Gasteiger partial charge in [0.1, 0.15) is 17.7 Å². The fourth-order valence-corrected chi connectivity index (χ4v) is 7.27. The third-order valence-corrected chi connectivity index (χ3v) is 9.77. The minimum Gasteiger partial charge on any atom is -0.504 e. The lowest BCUT2D eigenvalue weighted by Crippen LogP contribution is -2.52. The molecule has 1 aromatic heterocycles. The molecule has 0 bridgehead atoms. The van der Waals surface area contributed by atoms with Crippen LogP contribution in [0.5, 0.6) is 5.88 Å². The van der Waals surface area contributed by atoms with Gasteiger partial charge in [-0.3, -0.25) is 9.69 Å². The van der Waals surface area contributed by atoms with E-state index in [0.717, 1.165) is 64.1 Å². The smallest absolute Gasteiger partial charge is 0.219 e. The zero-order chi connectivity index (χ0) is 26.5. The normalized spacial score (nSPS) is 31.6. The van der Waals surface area contributed by atoms with E-state index in [1.165, 1.54) is 12.8 Å². The Morgan fingerprint density at radius 1 is 1.16 bits per heavy atom. The number of ether oxygens (including phenoxy) is 1. The molecule has 206 valence electrons. The van der Waals surface area contributed by atoms with Crippen LogP contribution in [0.25, 0.3) is 5.76 Å². The summed E-state index contributed by atoms with van der Waals surface area (Å²) in [5.41, 5.74) is 0.221. The van der Waals surface area contributed by atoms with Gasteiger partial charge in [0.05, 0.1) is 11.1 Å². The zero-order valence-electron chi connectivity index (χ0n) is 22.9. The Kier molecular flexibility index (Phi) is 6.71. The first-order valence-electron chi connectivity index (χ1n) is 14.6. The molecule has 0 unspecified atom stereocenters. The molecule has 1 aromatic rings. The summed E-state index contributed by atoms with van der Waals surface area (Å²) >= 11 is 0. The minimum atomic E-state index is -0.755. The Morgan fingerprint density at radius 3 is 2.71 bits per heavy atom. The number of aliphatic hydroxyl groups is 1. The molecule has 9 heteroatoms. The molecule has 2 saturated heterocycles. The van der Waals surface area contributed by atoms with E-state index in [-0.39, 0.29) is 34.7 Å². The van der Waals surface area contributed by atoms with Crippen LogP contribution in [0.3, 0.4) is 0 Å². The molecule has 2 spiro atoms. The maximum atomic E-state index is 13.0. The molecule has 0 radical (unpaired) electrons. The number of aromatic nitrogens is 2. The molecule has 3 N–H and O–H groups in total. The minimum absolute atomic E-state index is 0.0539. The van der Waals surface area contributed by atoms with Gasteiger partial charge in [-0.1, -0.05) is 6.42 Å². The molecule has 3 saturated carbocycles. The van der Waals surface area contributed by atoms with Gasteiger partial charge < -0.3 is 25.5 Å². The third-order valence-electron chi connectivity index (χ3n) is 9.77. The SMILES string of the molecule is C[C@H](Oc1cc(N2CCNC3(CC3)C2)nc(/C(O)=C2\CCC[C@@]3(CCCCC3=O)C2=N)n1)[C@@H]1CCCN1C. The highest BCUT2D eigenvalue weighted by molar-refractivity contribution is 6.18. The Balaban J connectivity index is 1.35. The lowest BCUT2D eigenvalue weighted by atomic mass is 9.62. The number of piperazine rings is 1. The molecule has 0 aromatic carbocycles. The lowest BCUT2D eigenvalue weighted by Gasteiger charge is -2.40. The van der Waals surface area contributed by atoms with Crippen LogP contribution in [-0.4, -0.2) is 82.4 Å². The van der Waals surface area contributed by atoms with Crippen LogP contribution in [-0.2, 0) is 4.79 Å². The van der Waals surface area contributed by atoms with Gasteiger partial charge in [-0.25, -0.2) is 4.98 Å². The van der Waals surface area contributed by atoms with Crippen molar-refractivity contribution >= 4 is 23.1 Å². The van der Waals surface area contributed by atoms with Gasteiger partial charge >= 0.3 is 0 Å². The van der Waals surface area contributed by atoms with E-state index in [1.54, 1.807) is 0 Å². The number of nitrogens with zero attached hydrogens (tertiary/aromatic N) is 4. The van der Waals surface area contributed by atoms with Gasteiger partial charge in [0.15, 0.2) is 11.6 Å². The zero-order valence-corrected chi connectivity index (χ0v) is 22.9. The number of aliphatic hydroxyl groups excluding tert-OH is 1. The molecule has 38 heavy (non-hydrogen) atoms. The number of allylic oxidation sites excluding steroid dienone is 1. The summed E-state index contributed by atoms with van der Waals surface area (Å²) in [6, 6.07) is 2.23.